The van der Waals surface area contributed by atoms with Crippen LogP contribution in [0, 0.1) is 0 Å². The second kappa shape index (κ2) is 8.85. The Morgan fingerprint density at radius 3 is 2.91 bits per heavy atom. The fraction of sp³-hybridized carbons (Fsp3) is 0.263. The topological polar surface area (TPSA) is 108 Å². The van der Waals surface area contributed by atoms with Crippen LogP contribution in [-0.4, -0.2) is 46.9 Å². The molecule has 1 unspecified atom stereocenters. The summed E-state index contributed by atoms with van der Waals surface area (Å²) in [5, 5.41) is 17.2. The number of carbonyl (C=O) groups excluding carboxylic acids is 1. The molecular formula is C19H16ClN7O2S3. The van der Waals surface area contributed by atoms with Crippen LogP contribution in [0.5, 0.6) is 0 Å². The van der Waals surface area contributed by atoms with Gasteiger partial charge < -0.3 is 5.32 Å². The van der Waals surface area contributed by atoms with Crippen molar-refractivity contribution >= 4 is 68.5 Å². The molecule has 0 radical (unpaired) electrons. The van der Waals surface area contributed by atoms with Crippen molar-refractivity contribution in [2.45, 2.75) is 28.9 Å². The Morgan fingerprint density at radius 2 is 2.12 bits per heavy atom. The van der Waals surface area contributed by atoms with Crippen LogP contribution >= 0.6 is 46.5 Å². The number of benzene rings is 1. The van der Waals surface area contributed by atoms with Gasteiger partial charge in [-0.05, 0) is 30.0 Å². The zero-order valence-electron chi connectivity index (χ0n) is 16.7. The predicted octanol–water partition coefficient (Wildman–Crippen LogP) is 3.87. The third kappa shape index (κ3) is 4.03. The molecule has 1 aliphatic rings. The Balaban J connectivity index is 1.40. The van der Waals surface area contributed by atoms with Gasteiger partial charge in [0, 0.05) is 17.2 Å². The second-order valence-electron chi connectivity index (χ2n) is 6.86. The summed E-state index contributed by atoms with van der Waals surface area (Å²) in [7, 11) is 0. The van der Waals surface area contributed by atoms with E-state index in [9.17, 15) is 9.59 Å². The average Bonchev–Trinajstić information content (AvgIpc) is 3.49. The summed E-state index contributed by atoms with van der Waals surface area (Å²) >= 11 is 10.3. The fourth-order valence-corrected chi connectivity index (χ4v) is 6.30. The van der Waals surface area contributed by atoms with Crippen molar-refractivity contribution in [2.24, 2.45) is 0 Å². The van der Waals surface area contributed by atoms with Crippen LogP contribution in [0.2, 0.25) is 5.02 Å². The fourth-order valence-electron chi connectivity index (χ4n) is 3.38. The largest absolute Gasteiger partial charge is 0.300 e. The van der Waals surface area contributed by atoms with Gasteiger partial charge in [0.25, 0.3) is 5.56 Å². The lowest BCUT2D eigenvalue weighted by atomic mass is 10.2. The Bertz CT molecular complexity index is 1370. The van der Waals surface area contributed by atoms with Crippen molar-refractivity contribution in [3.63, 3.8) is 0 Å². The van der Waals surface area contributed by atoms with Crippen molar-refractivity contribution < 1.29 is 4.79 Å². The van der Waals surface area contributed by atoms with Gasteiger partial charge in [-0.15, -0.1) is 10.2 Å². The second-order valence-corrected chi connectivity index (χ2v) is 10.8. The van der Waals surface area contributed by atoms with Crippen molar-refractivity contribution in [3.8, 4) is 5.69 Å². The quantitative estimate of drug-likeness (QED) is 0.239. The highest BCUT2D eigenvalue weighted by Crippen LogP contribution is 2.34. The molecule has 1 aromatic carbocycles. The first kappa shape index (κ1) is 21.4. The molecule has 1 N–H and O–H groups in total. The number of carbonyl (C=O) groups is 1. The summed E-state index contributed by atoms with van der Waals surface area (Å²) in [5.74, 6) is 1.26. The van der Waals surface area contributed by atoms with E-state index in [4.69, 9.17) is 11.6 Å². The van der Waals surface area contributed by atoms with Gasteiger partial charge in [-0.1, -0.05) is 53.4 Å². The predicted molar refractivity (Wildman–Crippen MR) is 127 cm³/mol. The van der Waals surface area contributed by atoms with Crippen LogP contribution in [-0.2, 0) is 4.79 Å². The summed E-state index contributed by atoms with van der Waals surface area (Å²) in [5.41, 5.74) is 1.04. The third-order valence-electron chi connectivity index (χ3n) is 4.78. The van der Waals surface area contributed by atoms with Crippen molar-refractivity contribution in [3.05, 3.63) is 45.8 Å². The van der Waals surface area contributed by atoms with Crippen molar-refractivity contribution in [1.29, 1.82) is 0 Å². The van der Waals surface area contributed by atoms with Gasteiger partial charge in [0.05, 0.1) is 17.9 Å². The van der Waals surface area contributed by atoms with Gasteiger partial charge in [-0.25, -0.2) is 9.67 Å². The summed E-state index contributed by atoms with van der Waals surface area (Å²) < 4.78 is 4.03. The first-order chi connectivity index (χ1) is 15.5. The molecule has 4 aromatic rings. The highest BCUT2D eigenvalue weighted by atomic mass is 35.5. The molecule has 0 saturated heterocycles. The van der Waals surface area contributed by atoms with E-state index in [0.29, 0.717) is 32.1 Å². The summed E-state index contributed by atoms with van der Waals surface area (Å²) in [4.78, 5) is 30.5. The molecule has 0 bridgehead atoms. The first-order valence-corrected chi connectivity index (χ1v) is 12.8. The third-order valence-corrected chi connectivity index (χ3v) is 7.99. The van der Waals surface area contributed by atoms with Gasteiger partial charge in [-0.2, -0.15) is 5.10 Å². The highest BCUT2D eigenvalue weighted by Gasteiger charge is 2.30. The average molecular weight is 506 g/mol. The number of nitrogens with one attached hydrogen (secondary N) is 1. The molecular weight excluding hydrogens is 490 g/mol. The van der Waals surface area contributed by atoms with E-state index < -0.39 is 0 Å². The zero-order chi connectivity index (χ0) is 22.2. The normalized spacial score (nSPS) is 15.2. The molecule has 3 aromatic heterocycles. The van der Waals surface area contributed by atoms with Crippen LogP contribution in [0.1, 0.15) is 19.4 Å². The van der Waals surface area contributed by atoms with E-state index in [1.165, 1.54) is 29.3 Å². The maximum atomic E-state index is 13.2. The monoisotopic (exact) mass is 505 g/mol. The van der Waals surface area contributed by atoms with Gasteiger partial charge in [-0.3, -0.25) is 14.2 Å². The highest BCUT2D eigenvalue weighted by molar-refractivity contribution is 8.01. The Hall–Kier alpha value is -2.41. The van der Waals surface area contributed by atoms with Gasteiger partial charge in [0.1, 0.15) is 5.39 Å². The lowest BCUT2D eigenvalue weighted by Gasteiger charge is -2.12. The first-order valence-electron chi connectivity index (χ1n) is 9.68. The maximum absolute atomic E-state index is 13.2. The van der Waals surface area contributed by atoms with E-state index in [1.54, 1.807) is 33.1 Å². The molecule has 1 atom stereocenters. The van der Waals surface area contributed by atoms with E-state index in [1.807, 2.05) is 19.1 Å². The standard InChI is InChI=1S/C19H16ClN7O2S3/c1-2-30-19-25-24-17(32-19)22-14(28)7-12-9-31-18-23-15-13(16(29)26(12)18)8-21-27(15)11-5-3-10(20)4-6-11/h3-6,8,12H,2,7,9H2,1H3,(H,22,24,28). The Labute approximate surface area is 199 Å². The number of aromatic nitrogens is 6. The Kier molecular flexibility index (Phi) is 5.93. The number of anilines is 1. The smallest absolute Gasteiger partial charge is 0.265 e. The van der Waals surface area contributed by atoms with Gasteiger partial charge >= 0.3 is 0 Å². The lowest BCUT2D eigenvalue weighted by Crippen LogP contribution is -2.27. The molecule has 0 saturated carbocycles. The SMILES string of the molecule is CCSc1nnc(NC(=O)CC2CSc3nc4c(cnn4-c4ccc(Cl)cc4)c(=O)n32)s1. The number of halogens is 1. The Morgan fingerprint density at radius 1 is 1.31 bits per heavy atom. The van der Waals surface area contributed by atoms with Crippen molar-refractivity contribution in [2.75, 3.05) is 16.8 Å². The van der Waals surface area contributed by atoms with Crippen LogP contribution in [0.4, 0.5) is 5.13 Å². The molecule has 164 valence electrons. The molecule has 1 amide bonds. The molecule has 9 nitrogen and oxygen atoms in total. The minimum atomic E-state index is -0.296. The van der Waals surface area contributed by atoms with Crippen LogP contribution in [0.25, 0.3) is 16.7 Å². The molecule has 4 heterocycles. The molecule has 5 rings (SSSR count). The number of fused-ring (bicyclic) bond motifs is 2. The summed E-state index contributed by atoms with van der Waals surface area (Å²) in [6.45, 7) is 2.03. The minimum Gasteiger partial charge on any atom is -0.300 e. The minimum absolute atomic E-state index is 0.147. The van der Waals surface area contributed by atoms with Gasteiger partial charge in [0.2, 0.25) is 11.0 Å². The number of thioether (sulfide) groups is 2. The number of nitrogens with zero attached hydrogens (tertiary/aromatic N) is 6. The molecule has 0 aliphatic carbocycles. The summed E-state index contributed by atoms with van der Waals surface area (Å²) in [6.07, 6.45) is 1.66. The van der Waals surface area contributed by atoms with Gasteiger partial charge in [0.15, 0.2) is 15.1 Å². The van der Waals surface area contributed by atoms with Crippen LogP contribution in [0.3, 0.4) is 0 Å². The molecule has 13 heteroatoms. The van der Waals surface area contributed by atoms with E-state index in [2.05, 4.69) is 25.6 Å². The van der Waals surface area contributed by atoms with Crippen LogP contribution < -0.4 is 10.9 Å². The number of hydrogen-bond donors (Lipinski definition) is 1. The summed E-state index contributed by atoms with van der Waals surface area (Å²) in [6, 6.07) is 6.86. The van der Waals surface area contributed by atoms with E-state index in [-0.39, 0.29) is 23.9 Å². The zero-order valence-corrected chi connectivity index (χ0v) is 19.9. The molecule has 0 spiro atoms. The van der Waals surface area contributed by atoms with Crippen LogP contribution in [0.15, 0.2) is 44.8 Å². The van der Waals surface area contributed by atoms with E-state index in [0.717, 1.165) is 15.8 Å². The number of rotatable bonds is 6. The van der Waals surface area contributed by atoms with E-state index >= 15 is 0 Å². The number of amides is 1. The molecule has 32 heavy (non-hydrogen) atoms. The number of hydrogen-bond acceptors (Lipinski definition) is 9. The molecule has 0 fully saturated rings. The lowest BCUT2D eigenvalue weighted by molar-refractivity contribution is -0.116. The van der Waals surface area contributed by atoms with Crippen molar-refractivity contribution in [1.82, 2.24) is 29.5 Å². The molecule has 1 aliphatic heterocycles. The maximum Gasteiger partial charge on any atom is 0.265 e.